The van der Waals surface area contributed by atoms with E-state index in [0.29, 0.717) is 32.8 Å². The zero-order chi connectivity index (χ0) is 13.8. The van der Waals surface area contributed by atoms with E-state index in [9.17, 15) is 4.79 Å². The number of carbonyl (C=O) groups is 1. The van der Waals surface area contributed by atoms with E-state index in [1.165, 1.54) is 0 Å². The molecule has 1 aromatic carbocycles. The maximum Gasteiger partial charge on any atom is 0.223 e. The van der Waals surface area contributed by atoms with Crippen LogP contribution in [0.2, 0.25) is 0 Å². The smallest absolute Gasteiger partial charge is 0.223 e. The molecule has 0 saturated carbocycles. The van der Waals surface area contributed by atoms with Crippen LogP contribution in [0.5, 0.6) is 5.75 Å². The Labute approximate surface area is 122 Å². The van der Waals surface area contributed by atoms with Gasteiger partial charge in [0.05, 0.1) is 19.6 Å². The van der Waals surface area contributed by atoms with Gasteiger partial charge in [0.1, 0.15) is 5.75 Å². The van der Waals surface area contributed by atoms with Crippen molar-refractivity contribution in [2.45, 2.75) is 12.8 Å². The van der Waals surface area contributed by atoms with Gasteiger partial charge in [0, 0.05) is 18.5 Å². The molecule has 0 bridgehead atoms. The lowest BCUT2D eigenvalue weighted by Gasteiger charge is -2.07. The molecule has 19 heavy (non-hydrogen) atoms. The van der Waals surface area contributed by atoms with Gasteiger partial charge in [-0.05, 0) is 18.6 Å². The first kappa shape index (κ1) is 16.0. The summed E-state index contributed by atoms with van der Waals surface area (Å²) in [5.41, 5.74) is 0. The molecule has 0 fully saturated rings. The van der Waals surface area contributed by atoms with Crippen molar-refractivity contribution in [3.8, 4) is 5.75 Å². The SMILES string of the molecule is O=C(CCOc1ccccc1)NCCCOCCBr. The van der Waals surface area contributed by atoms with Crippen LogP contribution in [-0.4, -0.2) is 37.6 Å². The molecule has 5 heteroatoms. The van der Waals surface area contributed by atoms with Crippen molar-refractivity contribution in [1.82, 2.24) is 5.32 Å². The number of carbonyl (C=O) groups excluding carboxylic acids is 1. The molecular weight excluding hydrogens is 310 g/mol. The summed E-state index contributed by atoms with van der Waals surface area (Å²) in [5, 5.41) is 3.68. The van der Waals surface area contributed by atoms with E-state index in [2.05, 4.69) is 21.2 Å². The molecule has 4 nitrogen and oxygen atoms in total. The third-order valence-electron chi connectivity index (χ3n) is 2.35. The number of amides is 1. The molecule has 0 atom stereocenters. The van der Waals surface area contributed by atoms with E-state index in [0.717, 1.165) is 17.5 Å². The highest BCUT2D eigenvalue weighted by atomic mass is 79.9. The number of halogens is 1. The quantitative estimate of drug-likeness (QED) is 0.529. The van der Waals surface area contributed by atoms with E-state index in [1.54, 1.807) is 0 Å². The molecule has 106 valence electrons. The molecule has 1 aromatic rings. The van der Waals surface area contributed by atoms with E-state index < -0.39 is 0 Å². The van der Waals surface area contributed by atoms with Crippen molar-refractivity contribution >= 4 is 21.8 Å². The topological polar surface area (TPSA) is 47.6 Å². The zero-order valence-corrected chi connectivity index (χ0v) is 12.5. The molecule has 0 radical (unpaired) electrons. The van der Waals surface area contributed by atoms with Gasteiger partial charge in [-0.3, -0.25) is 4.79 Å². The summed E-state index contributed by atoms with van der Waals surface area (Å²) in [4.78, 5) is 11.5. The summed E-state index contributed by atoms with van der Waals surface area (Å²) < 4.78 is 10.7. The first-order valence-electron chi connectivity index (χ1n) is 6.41. The number of ether oxygens (including phenoxy) is 2. The van der Waals surface area contributed by atoms with Gasteiger partial charge in [0.25, 0.3) is 0 Å². The Kier molecular flexibility index (Phi) is 9.10. The molecule has 0 aliphatic rings. The second-order valence-corrected chi connectivity index (χ2v) is 4.71. The Balaban J connectivity index is 1.96. The summed E-state index contributed by atoms with van der Waals surface area (Å²) in [6.45, 7) is 2.42. The largest absolute Gasteiger partial charge is 0.493 e. The number of rotatable bonds is 10. The number of nitrogens with one attached hydrogen (secondary N) is 1. The second-order valence-electron chi connectivity index (χ2n) is 3.92. The highest BCUT2D eigenvalue weighted by Crippen LogP contribution is 2.08. The van der Waals surface area contributed by atoms with Crippen LogP contribution in [0.3, 0.4) is 0 Å². The van der Waals surface area contributed by atoms with Crippen molar-refractivity contribution in [3.05, 3.63) is 30.3 Å². The molecule has 0 aliphatic carbocycles. The Morgan fingerprint density at radius 2 is 1.95 bits per heavy atom. The monoisotopic (exact) mass is 329 g/mol. The number of benzene rings is 1. The third-order valence-corrected chi connectivity index (χ3v) is 2.67. The molecular formula is C14H20BrNO3. The maximum absolute atomic E-state index is 11.5. The number of hydrogen-bond acceptors (Lipinski definition) is 3. The molecule has 1 N–H and O–H groups in total. The van der Waals surface area contributed by atoms with Crippen LogP contribution in [-0.2, 0) is 9.53 Å². The Morgan fingerprint density at radius 3 is 2.68 bits per heavy atom. The Bertz CT molecular complexity index is 346. The van der Waals surface area contributed by atoms with Crippen LogP contribution >= 0.6 is 15.9 Å². The summed E-state index contributed by atoms with van der Waals surface area (Å²) in [5.74, 6) is 0.801. The summed E-state index contributed by atoms with van der Waals surface area (Å²) in [6.07, 6.45) is 1.20. The predicted molar refractivity (Wildman–Crippen MR) is 78.8 cm³/mol. The van der Waals surface area contributed by atoms with Gasteiger partial charge in [-0.25, -0.2) is 0 Å². The Hall–Kier alpha value is -1.07. The van der Waals surface area contributed by atoms with Gasteiger partial charge in [0.2, 0.25) is 5.91 Å². The number of hydrogen-bond donors (Lipinski definition) is 1. The summed E-state index contributed by atoms with van der Waals surface area (Å²) >= 11 is 3.28. The molecule has 0 aromatic heterocycles. The Morgan fingerprint density at radius 1 is 1.16 bits per heavy atom. The van der Waals surface area contributed by atoms with E-state index in [4.69, 9.17) is 9.47 Å². The van der Waals surface area contributed by atoms with E-state index >= 15 is 0 Å². The van der Waals surface area contributed by atoms with Gasteiger partial charge in [-0.2, -0.15) is 0 Å². The first-order chi connectivity index (χ1) is 9.33. The lowest BCUT2D eigenvalue weighted by atomic mass is 10.3. The lowest BCUT2D eigenvalue weighted by molar-refractivity contribution is -0.121. The summed E-state index contributed by atoms with van der Waals surface area (Å²) in [6, 6.07) is 9.49. The molecule has 1 amide bonds. The van der Waals surface area contributed by atoms with E-state index in [-0.39, 0.29) is 5.91 Å². The van der Waals surface area contributed by atoms with E-state index in [1.807, 2.05) is 30.3 Å². The fraction of sp³-hybridized carbons (Fsp3) is 0.500. The first-order valence-corrected chi connectivity index (χ1v) is 7.53. The number of alkyl halides is 1. The predicted octanol–water partition coefficient (Wildman–Crippen LogP) is 2.37. The van der Waals surface area contributed by atoms with Crippen molar-refractivity contribution in [2.24, 2.45) is 0 Å². The minimum atomic E-state index is 0.0106. The normalized spacial score (nSPS) is 10.2. The molecule has 0 aliphatic heterocycles. The van der Waals surface area contributed by atoms with Gasteiger partial charge in [-0.1, -0.05) is 34.1 Å². The van der Waals surface area contributed by atoms with Crippen LogP contribution in [0.25, 0.3) is 0 Å². The van der Waals surface area contributed by atoms with Gasteiger partial charge in [-0.15, -0.1) is 0 Å². The second kappa shape index (κ2) is 10.8. The minimum Gasteiger partial charge on any atom is -0.493 e. The van der Waals surface area contributed by atoms with Gasteiger partial charge < -0.3 is 14.8 Å². The maximum atomic E-state index is 11.5. The van der Waals surface area contributed by atoms with Crippen LogP contribution in [0.15, 0.2) is 30.3 Å². The van der Waals surface area contributed by atoms with Crippen LogP contribution in [0.4, 0.5) is 0 Å². The zero-order valence-electron chi connectivity index (χ0n) is 10.9. The average molecular weight is 330 g/mol. The number of para-hydroxylation sites is 1. The van der Waals surface area contributed by atoms with Gasteiger partial charge >= 0.3 is 0 Å². The molecule has 0 unspecified atom stereocenters. The van der Waals surface area contributed by atoms with Crippen LogP contribution in [0, 0.1) is 0 Å². The lowest BCUT2D eigenvalue weighted by Crippen LogP contribution is -2.26. The fourth-order valence-electron chi connectivity index (χ4n) is 1.43. The van der Waals surface area contributed by atoms with Crippen molar-refractivity contribution in [1.29, 1.82) is 0 Å². The standard InChI is InChI=1S/C14H20BrNO3/c15-8-12-18-10-4-9-16-14(17)7-11-19-13-5-2-1-3-6-13/h1-3,5-6H,4,7-12H2,(H,16,17). The highest BCUT2D eigenvalue weighted by molar-refractivity contribution is 9.09. The van der Waals surface area contributed by atoms with Gasteiger partial charge in [0.15, 0.2) is 0 Å². The van der Waals surface area contributed by atoms with Crippen molar-refractivity contribution in [2.75, 3.05) is 31.7 Å². The molecule has 0 saturated heterocycles. The molecule has 0 heterocycles. The average Bonchev–Trinajstić information content (AvgIpc) is 2.44. The summed E-state index contributed by atoms with van der Waals surface area (Å²) in [7, 11) is 0. The molecule has 1 rings (SSSR count). The minimum absolute atomic E-state index is 0.0106. The highest BCUT2D eigenvalue weighted by Gasteiger charge is 2.01. The fourth-order valence-corrected chi connectivity index (χ4v) is 1.65. The van der Waals surface area contributed by atoms with Crippen LogP contribution < -0.4 is 10.1 Å². The van der Waals surface area contributed by atoms with Crippen molar-refractivity contribution < 1.29 is 14.3 Å². The van der Waals surface area contributed by atoms with Crippen LogP contribution in [0.1, 0.15) is 12.8 Å². The molecule has 0 spiro atoms. The van der Waals surface area contributed by atoms with Crippen molar-refractivity contribution in [3.63, 3.8) is 0 Å². The third kappa shape index (κ3) is 8.61.